The smallest absolute Gasteiger partial charge is 0.256 e. The Hall–Kier alpha value is -3.31. The van der Waals surface area contributed by atoms with Crippen molar-refractivity contribution >= 4 is 35.0 Å². The fourth-order valence-electron chi connectivity index (χ4n) is 4.55. The second kappa shape index (κ2) is 9.05. The van der Waals surface area contributed by atoms with Gasteiger partial charge < -0.3 is 14.4 Å². The number of aromatic nitrogens is 2. The lowest BCUT2D eigenvalue weighted by molar-refractivity contribution is 0.0749. The normalized spacial score (nSPS) is 13.8. The number of piperazine rings is 1. The molecule has 5 nitrogen and oxygen atoms in total. The third-order valence-corrected chi connectivity index (χ3v) is 6.16. The molecule has 2 aromatic carbocycles. The van der Waals surface area contributed by atoms with E-state index in [0.717, 1.165) is 52.2 Å². The van der Waals surface area contributed by atoms with Crippen molar-refractivity contribution in [2.45, 2.75) is 6.92 Å². The molecule has 1 saturated heterocycles. The van der Waals surface area contributed by atoms with Gasteiger partial charge in [0.1, 0.15) is 5.82 Å². The Kier molecular flexibility index (Phi) is 6.19. The van der Waals surface area contributed by atoms with Crippen LogP contribution in [0.25, 0.3) is 22.2 Å². The van der Waals surface area contributed by atoms with E-state index < -0.39 is 0 Å². The van der Waals surface area contributed by atoms with Crippen LogP contribution in [0.1, 0.15) is 15.9 Å². The van der Waals surface area contributed by atoms with E-state index in [2.05, 4.69) is 58.8 Å². The maximum atomic E-state index is 13.9. The van der Waals surface area contributed by atoms with Gasteiger partial charge in [0.2, 0.25) is 0 Å². The van der Waals surface area contributed by atoms with Crippen molar-refractivity contribution in [2.24, 2.45) is 7.05 Å². The molecule has 1 aliphatic rings. The number of hydrogen-bond donors (Lipinski definition) is 0. The quantitative estimate of drug-likeness (QED) is 0.448. The number of pyridine rings is 1. The van der Waals surface area contributed by atoms with Crippen LogP contribution in [0.15, 0.2) is 72.9 Å². The van der Waals surface area contributed by atoms with Crippen LogP contribution in [0.5, 0.6) is 0 Å². The SMILES string of the molecule is Cc1ccc2c(c1)c(C(=O)N1CCN(c3ccccn3)CC1)c(-c1ccccc1)n2C.Cl. The van der Waals surface area contributed by atoms with E-state index in [1.807, 2.05) is 47.5 Å². The number of rotatable bonds is 3. The molecular formula is C26H27ClN4O. The second-order valence-electron chi connectivity index (χ2n) is 8.14. The van der Waals surface area contributed by atoms with E-state index in [1.165, 1.54) is 0 Å². The van der Waals surface area contributed by atoms with E-state index in [9.17, 15) is 4.79 Å². The highest BCUT2D eigenvalue weighted by Gasteiger charge is 2.28. The van der Waals surface area contributed by atoms with Gasteiger partial charge in [0.15, 0.2) is 0 Å². The summed E-state index contributed by atoms with van der Waals surface area (Å²) < 4.78 is 2.15. The van der Waals surface area contributed by atoms with Gasteiger partial charge in [0, 0.05) is 50.3 Å². The van der Waals surface area contributed by atoms with Crippen LogP contribution in [0.2, 0.25) is 0 Å². The molecule has 5 rings (SSSR count). The Morgan fingerprint density at radius 1 is 0.906 bits per heavy atom. The van der Waals surface area contributed by atoms with Gasteiger partial charge in [-0.15, -0.1) is 12.4 Å². The molecule has 32 heavy (non-hydrogen) atoms. The lowest BCUT2D eigenvalue weighted by Crippen LogP contribution is -2.49. The van der Waals surface area contributed by atoms with Crippen molar-refractivity contribution in [3.05, 3.63) is 84.1 Å². The van der Waals surface area contributed by atoms with Crippen LogP contribution in [0.4, 0.5) is 5.82 Å². The predicted molar refractivity (Wildman–Crippen MR) is 133 cm³/mol. The van der Waals surface area contributed by atoms with E-state index in [-0.39, 0.29) is 18.3 Å². The minimum absolute atomic E-state index is 0. The average Bonchev–Trinajstić information content (AvgIpc) is 3.11. The van der Waals surface area contributed by atoms with Crippen molar-refractivity contribution < 1.29 is 4.79 Å². The number of halogens is 1. The summed E-state index contributed by atoms with van der Waals surface area (Å²) in [6, 6.07) is 22.5. The second-order valence-corrected chi connectivity index (χ2v) is 8.14. The Morgan fingerprint density at radius 3 is 2.31 bits per heavy atom. The number of carbonyl (C=O) groups is 1. The van der Waals surface area contributed by atoms with Gasteiger partial charge in [-0.1, -0.05) is 48.0 Å². The molecule has 0 spiro atoms. The summed E-state index contributed by atoms with van der Waals surface area (Å²) in [6.07, 6.45) is 1.82. The molecule has 0 bridgehead atoms. The highest BCUT2D eigenvalue weighted by molar-refractivity contribution is 6.13. The third kappa shape index (κ3) is 3.84. The topological polar surface area (TPSA) is 41.4 Å². The van der Waals surface area contributed by atoms with Gasteiger partial charge in [0.05, 0.1) is 11.3 Å². The third-order valence-electron chi connectivity index (χ3n) is 6.16. The van der Waals surface area contributed by atoms with Crippen LogP contribution < -0.4 is 4.90 Å². The first-order valence-corrected chi connectivity index (χ1v) is 10.7. The first-order valence-electron chi connectivity index (χ1n) is 10.7. The summed E-state index contributed by atoms with van der Waals surface area (Å²) in [5.41, 5.74) is 5.10. The monoisotopic (exact) mass is 446 g/mol. The zero-order valence-electron chi connectivity index (χ0n) is 18.4. The van der Waals surface area contributed by atoms with E-state index >= 15 is 0 Å². The van der Waals surface area contributed by atoms with Crippen LogP contribution in [-0.2, 0) is 7.05 Å². The van der Waals surface area contributed by atoms with Crippen molar-refractivity contribution in [1.82, 2.24) is 14.5 Å². The summed E-state index contributed by atoms with van der Waals surface area (Å²) >= 11 is 0. The molecule has 0 unspecified atom stereocenters. The highest BCUT2D eigenvalue weighted by Crippen LogP contribution is 2.34. The van der Waals surface area contributed by atoms with E-state index in [4.69, 9.17) is 0 Å². The van der Waals surface area contributed by atoms with Crippen molar-refractivity contribution in [3.8, 4) is 11.3 Å². The van der Waals surface area contributed by atoms with Gasteiger partial charge in [-0.05, 0) is 36.8 Å². The van der Waals surface area contributed by atoms with E-state index in [1.54, 1.807) is 0 Å². The highest BCUT2D eigenvalue weighted by atomic mass is 35.5. The summed E-state index contributed by atoms with van der Waals surface area (Å²) in [6.45, 7) is 5.02. The van der Waals surface area contributed by atoms with Gasteiger partial charge in [-0.25, -0.2) is 4.98 Å². The number of carbonyl (C=O) groups excluding carboxylic acids is 1. The molecule has 0 radical (unpaired) electrons. The largest absolute Gasteiger partial charge is 0.353 e. The van der Waals surface area contributed by atoms with E-state index in [0.29, 0.717) is 13.1 Å². The summed E-state index contributed by atoms with van der Waals surface area (Å²) in [5, 5.41) is 1.03. The molecule has 0 atom stereocenters. The van der Waals surface area contributed by atoms with Gasteiger partial charge in [-0.2, -0.15) is 0 Å². The zero-order chi connectivity index (χ0) is 21.4. The molecule has 2 aromatic heterocycles. The van der Waals surface area contributed by atoms with Crippen molar-refractivity contribution in [1.29, 1.82) is 0 Å². The molecule has 1 amide bonds. The first-order chi connectivity index (χ1) is 15.1. The Morgan fingerprint density at radius 2 is 1.62 bits per heavy atom. The molecular weight excluding hydrogens is 420 g/mol. The Bertz CT molecular complexity index is 1230. The fourth-order valence-corrected chi connectivity index (χ4v) is 4.55. The molecule has 0 saturated carbocycles. The van der Waals surface area contributed by atoms with Crippen LogP contribution in [0.3, 0.4) is 0 Å². The summed E-state index contributed by atoms with van der Waals surface area (Å²) in [5.74, 6) is 1.08. The minimum Gasteiger partial charge on any atom is -0.353 e. The number of amides is 1. The van der Waals surface area contributed by atoms with Crippen LogP contribution >= 0.6 is 12.4 Å². The Labute approximate surface area is 194 Å². The summed E-state index contributed by atoms with van der Waals surface area (Å²) in [7, 11) is 2.05. The maximum Gasteiger partial charge on any atom is 0.256 e. The summed E-state index contributed by atoms with van der Waals surface area (Å²) in [4.78, 5) is 22.5. The molecule has 3 heterocycles. The zero-order valence-corrected chi connectivity index (χ0v) is 19.2. The number of fused-ring (bicyclic) bond motifs is 1. The Balaban J connectivity index is 0.00000245. The number of benzene rings is 2. The van der Waals surface area contributed by atoms with Crippen molar-refractivity contribution in [3.63, 3.8) is 0 Å². The number of hydrogen-bond acceptors (Lipinski definition) is 3. The first kappa shape index (κ1) is 21.9. The van der Waals surface area contributed by atoms with Crippen molar-refractivity contribution in [2.75, 3.05) is 31.1 Å². The predicted octanol–water partition coefficient (Wildman–Crippen LogP) is 4.93. The number of nitrogens with zero attached hydrogens (tertiary/aromatic N) is 4. The van der Waals surface area contributed by atoms with Crippen LogP contribution in [0, 0.1) is 6.92 Å². The standard InChI is InChI=1S/C26H26N4O.ClH/c1-19-11-12-22-21(18-19)24(25(28(22)2)20-8-4-3-5-9-20)26(31)30-16-14-29(15-17-30)23-10-6-7-13-27-23;/h3-13,18H,14-17H2,1-2H3;1H. The van der Waals surface area contributed by atoms with Gasteiger partial charge in [-0.3, -0.25) is 4.79 Å². The molecule has 4 aromatic rings. The molecule has 6 heteroatoms. The lowest BCUT2D eigenvalue weighted by Gasteiger charge is -2.35. The van der Waals surface area contributed by atoms with Crippen LogP contribution in [-0.4, -0.2) is 46.5 Å². The van der Waals surface area contributed by atoms with Gasteiger partial charge >= 0.3 is 0 Å². The maximum absolute atomic E-state index is 13.9. The number of anilines is 1. The minimum atomic E-state index is 0. The fraction of sp³-hybridized carbons (Fsp3) is 0.231. The molecule has 0 aliphatic carbocycles. The lowest BCUT2D eigenvalue weighted by atomic mass is 10.0. The molecule has 0 N–H and O–H groups in total. The average molecular weight is 447 g/mol. The number of aryl methyl sites for hydroxylation is 2. The molecule has 1 aliphatic heterocycles. The molecule has 164 valence electrons. The van der Waals surface area contributed by atoms with Gasteiger partial charge in [0.25, 0.3) is 5.91 Å². The molecule has 1 fully saturated rings.